The molecule has 0 spiro atoms. The second-order valence-electron chi connectivity index (χ2n) is 15.8. The van der Waals surface area contributed by atoms with Crippen molar-refractivity contribution in [2.24, 2.45) is 44.8 Å². The topological polar surface area (TPSA) is 82.1 Å². The number of rotatable bonds is 3. The Hall–Kier alpha value is -2.69. The van der Waals surface area contributed by atoms with Crippen molar-refractivity contribution in [1.29, 1.82) is 0 Å². The maximum Gasteiger partial charge on any atom is 0.226 e. The Bertz CT molecular complexity index is 1430. The maximum atomic E-state index is 14.6. The first-order valence-electron chi connectivity index (χ1n) is 15.4. The highest BCUT2D eigenvalue weighted by Crippen LogP contribution is 2.74. The van der Waals surface area contributed by atoms with Crippen LogP contribution in [0.25, 0.3) is 4.85 Å². The molecule has 3 fully saturated rings. The molecule has 7 atom stereocenters. The number of halogens is 1. The maximum absolute atomic E-state index is 14.6. The normalized spacial score (nSPS) is 42.6. The summed E-state index contributed by atoms with van der Waals surface area (Å²) >= 11 is 0. The third kappa shape index (κ3) is 3.56. The van der Waals surface area contributed by atoms with Crippen LogP contribution in [0, 0.1) is 51.4 Å². The molecule has 0 saturated heterocycles. The molecule has 0 amide bonds. The van der Waals surface area contributed by atoms with Crippen molar-refractivity contribution < 1.29 is 14.0 Å². The van der Waals surface area contributed by atoms with E-state index in [0.717, 1.165) is 50.5 Å². The Balaban J connectivity index is 1.51. The molecular formula is C33H44FN5O2. The molecule has 0 aliphatic heterocycles. The van der Waals surface area contributed by atoms with Gasteiger partial charge in [-0.05, 0) is 84.3 Å². The lowest BCUT2D eigenvalue weighted by Gasteiger charge is -2.69. The van der Waals surface area contributed by atoms with Crippen LogP contribution in [0.3, 0.4) is 0 Å². The average Bonchev–Trinajstić information content (AvgIpc) is 3.37. The second kappa shape index (κ2) is 8.67. The van der Waals surface area contributed by atoms with Crippen LogP contribution in [0.4, 0.5) is 4.39 Å². The minimum atomic E-state index is -0.668. The Labute approximate surface area is 243 Å². The van der Waals surface area contributed by atoms with E-state index in [9.17, 15) is 14.0 Å². The van der Waals surface area contributed by atoms with Gasteiger partial charge in [-0.1, -0.05) is 60.1 Å². The Morgan fingerprint density at radius 2 is 1.76 bits per heavy atom. The molecule has 1 aromatic rings. The first-order chi connectivity index (χ1) is 19.1. The third-order valence-electron chi connectivity index (χ3n) is 13.0. The van der Waals surface area contributed by atoms with Crippen LogP contribution >= 0.6 is 0 Å². The summed E-state index contributed by atoms with van der Waals surface area (Å²) < 4.78 is 13.1. The summed E-state index contributed by atoms with van der Waals surface area (Å²) in [6.07, 6.45) is 10.2. The van der Waals surface area contributed by atoms with Gasteiger partial charge in [0, 0.05) is 22.2 Å². The van der Waals surface area contributed by atoms with E-state index >= 15 is 0 Å². The Morgan fingerprint density at radius 1 is 1.05 bits per heavy atom. The van der Waals surface area contributed by atoms with Crippen LogP contribution in [-0.4, -0.2) is 38.4 Å². The largest absolute Gasteiger partial charge is 0.307 e. The molecule has 6 rings (SSSR count). The van der Waals surface area contributed by atoms with Crippen LogP contribution in [0.1, 0.15) is 99.2 Å². The summed E-state index contributed by atoms with van der Waals surface area (Å²) in [5.74, 6) is 0.656. The van der Waals surface area contributed by atoms with Crippen molar-refractivity contribution in [2.45, 2.75) is 105 Å². The molecule has 0 aromatic carbocycles. The van der Waals surface area contributed by atoms with Gasteiger partial charge in [-0.25, -0.2) is 9.24 Å². The van der Waals surface area contributed by atoms with Gasteiger partial charge in [0.1, 0.15) is 6.67 Å². The van der Waals surface area contributed by atoms with Gasteiger partial charge in [-0.3, -0.25) is 4.79 Å². The van der Waals surface area contributed by atoms with Crippen molar-refractivity contribution in [3.8, 4) is 0 Å². The molecule has 41 heavy (non-hydrogen) atoms. The lowest BCUT2D eigenvalue weighted by molar-refractivity contribution is -0.160. The number of alkyl halides is 1. The van der Waals surface area contributed by atoms with Crippen LogP contribution in [0.15, 0.2) is 23.4 Å². The van der Waals surface area contributed by atoms with Crippen molar-refractivity contribution >= 4 is 11.6 Å². The molecule has 0 N–H and O–H groups in total. The smallest absolute Gasteiger partial charge is 0.226 e. The van der Waals surface area contributed by atoms with E-state index in [0.29, 0.717) is 5.82 Å². The monoisotopic (exact) mass is 561 g/mol. The molecule has 1 aromatic heterocycles. The minimum absolute atomic E-state index is 0.0336. The number of tetrazole rings is 1. The zero-order valence-electron chi connectivity index (χ0n) is 25.7. The third-order valence-corrected chi connectivity index (χ3v) is 13.0. The number of allylic oxidation sites excluding steroid dienone is 4. The van der Waals surface area contributed by atoms with Crippen molar-refractivity contribution in [3.63, 3.8) is 0 Å². The fourth-order valence-electron chi connectivity index (χ4n) is 10.6. The van der Waals surface area contributed by atoms with E-state index in [1.54, 1.807) is 0 Å². The Kier molecular flexibility index (Phi) is 6.01. The molecular weight excluding hydrogens is 517 g/mol. The summed E-state index contributed by atoms with van der Waals surface area (Å²) in [4.78, 5) is 33.0. The molecule has 0 bridgehead atoms. The number of carbonyl (C=O) groups is 2. The van der Waals surface area contributed by atoms with E-state index in [1.807, 2.05) is 26.0 Å². The first-order valence-corrected chi connectivity index (χ1v) is 15.4. The molecule has 5 aliphatic rings. The van der Waals surface area contributed by atoms with E-state index < -0.39 is 17.5 Å². The molecule has 7 nitrogen and oxygen atoms in total. The molecule has 0 unspecified atom stereocenters. The van der Waals surface area contributed by atoms with E-state index in [1.165, 1.54) is 4.80 Å². The minimum Gasteiger partial charge on any atom is -0.307 e. The van der Waals surface area contributed by atoms with E-state index in [4.69, 9.17) is 11.7 Å². The Morgan fingerprint density at radius 3 is 2.44 bits per heavy atom. The quantitative estimate of drug-likeness (QED) is 0.395. The summed E-state index contributed by atoms with van der Waals surface area (Å²) in [5.41, 5.74) is -0.719. The van der Waals surface area contributed by atoms with Gasteiger partial charge < -0.3 is 4.79 Å². The number of aryl methyl sites for hydroxylation is 1. The van der Waals surface area contributed by atoms with Crippen molar-refractivity contribution in [3.05, 3.63) is 40.7 Å². The number of hydrogen-bond acceptors (Lipinski definition) is 5. The molecule has 0 radical (unpaired) electrons. The second-order valence-corrected chi connectivity index (χ2v) is 15.8. The van der Waals surface area contributed by atoms with Crippen LogP contribution < -0.4 is 0 Å². The molecule has 8 heteroatoms. The van der Waals surface area contributed by atoms with Crippen molar-refractivity contribution in [1.82, 2.24) is 20.2 Å². The van der Waals surface area contributed by atoms with E-state index in [-0.39, 0.29) is 63.2 Å². The highest BCUT2D eigenvalue weighted by molar-refractivity contribution is 6.03. The SMILES string of the molecule is [C-]#[N+]C1=C[C@]2(C)C3=CC(=O)[C@@H]4[C@@H]5CC(C)(C)CC[C@]5(c5nnn(CCF)n5)CC[C@@]4(C)[C@]3(C)CC[C@H]2C(C)(C)C1=O. The van der Waals surface area contributed by atoms with Gasteiger partial charge in [0.2, 0.25) is 5.70 Å². The van der Waals surface area contributed by atoms with Crippen LogP contribution in [0.2, 0.25) is 0 Å². The number of nitrogens with zero attached hydrogens (tertiary/aromatic N) is 5. The van der Waals surface area contributed by atoms with Crippen molar-refractivity contribution in [2.75, 3.05) is 6.67 Å². The van der Waals surface area contributed by atoms with Gasteiger partial charge in [0.05, 0.1) is 13.1 Å². The molecule has 5 aliphatic carbocycles. The highest BCUT2D eigenvalue weighted by Gasteiger charge is 2.70. The fourth-order valence-corrected chi connectivity index (χ4v) is 10.6. The predicted molar refractivity (Wildman–Crippen MR) is 153 cm³/mol. The summed E-state index contributed by atoms with van der Waals surface area (Å²) in [6, 6.07) is 0. The van der Waals surface area contributed by atoms with Gasteiger partial charge in [-0.15, -0.1) is 10.2 Å². The van der Waals surface area contributed by atoms with Gasteiger partial charge in [0.25, 0.3) is 0 Å². The molecule has 1 heterocycles. The van der Waals surface area contributed by atoms with Gasteiger partial charge in [0.15, 0.2) is 17.4 Å². The average molecular weight is 562 g/mol. The standard InChI is InChI=1S/C33H44FN5O2/c1-28(2)11-13-33(27-36-38-39(37-27)16-15-34)14-12-32(7)25(20(33)18-28)22(40)17-24-30(5)19-21(35-8)26(41)29(3,4)23(30)9-10-31(24,32)6/h17,19-20,23,25H,9-16,18H2,1-7H3/t20-,23-,25-,30-,31+,32+,33-/m0/s1. The zero-order chi connectivity index (χ0) is 29.8. The summed E-state index contributed by atoms with van der Waals surface area (Å²) in [7, 11) is 0. The zero-order valence-corrected chi connectivity index (χ0v) is 25.7. The first kappa shape index (κ1) is 28.4. The number of hydrogen-bond donors (Lipinski definition) is 0. The fraction of sp³-hybridized carbons (Fsp3) is 0.758. The van der Waals surface area contributed by atoms with Gasteiger partial charge in [-0.2, -0.15) is 4.80 Å². The summed E-state index contributed by atoms with van der Waals surface area (Å²) in [5, 5.41) is 13.4. The van der Waals surface area contributed by atoms with Crippen LogP contribution in [0.5, 0.6) is 0 Å². The van der Waals surface area contributed by atoms with Gasteiger partial charge >= 0.3 is 0 Å². The van der Waals surface area contributed by atoms with E-state index in [2.05, 4.69) is 49.8 Å². The molecule has 220 valence electrons. The molecule has 3 saturated carbocycles. The predicted octanol–water partition coefficient (Wildman–Crippen LogP) is 6.47. The lowest BCUT2D eigenvalue weighted by atomic mass is 9.34. The number of Topliss-reactive ketones (excluding diaryl/α,β-unsaturated/α-hetero) is 1. The van der Waals surface area contributed by atoms with Crippen LogP contribution in [-0.2, 0) is 21.5 Å². The number of carbonyl (C=O) groups excluding carboxylic acids is 2. The number of fused-ring (bicyclic) bond motifs is 7. The highest BCUT2D eigenvalue weighted by atomic mass is 19.1. The number of ketones is 2. The lowest BCUT2D eigenvalue weighted by Crippen LogP contribution is -2.65. The summed E-state index contributed by atoms with van der Waals surface area (Å²) in [6.45, 7) is 22.8. The number of aromatic nitrogens is 4.